The van der Waals surface area contributed by atoms with Crippen LogP contribution in [0.4, 0.5) is 34.1 Å². The van der Waals surface area contributed by atoms with Gasteiger partial charge in [-0.2, -0.15) is 0 Å². The number of anilines is 6. The number of nitrogens with zero attached hydrogens (tertiary/aromatic N) is 2. The Hall–Kier alpha value is -6.26. The van der Waals surface area contributed by atoms with Gasteiger partial charge < -0.3 is 14.2 Å². The normalized spacial score (nSPS) is 16.0. The summed E-state index contributed by atoms with van der Waals surface area (Å²) in [4.78, 5) is 5.15. The van der Waals surface area contributed by atoms with Crippen molar-refractivity contribution in [2.75, 3.05) is 9.80 Å². The van der Waals surface area contributed by atoms with E-state index in [-0.39, 0.29) is 33.8 Å². The summed E-state index contributed by atoms with van der Waals surface area (Å²) in [5.74, 6) is 0. The van der Waals surface area contributed by atoms with E-state index in [1.807, 2.05) is 0 Å². The summed E-state index contributed by atoms with van der Waals surface area (Å²) in [7, 11) is 0. The van der Waals surface area contributed by atoms with Crippen molar-refractivity contribution in [2.24, 2.45) is 0 Å². The summed E-state index contributed by atoms with van der Waals surface area (Å²) in [5.41, 5.74) is 23.0. The lowest BCUT2D eigenvalue weighted by molar-refractivity contribution is 0.332. The van der Waals surface area contributed by atoms with Crippen LogP contribution in [0.2, 0.25) is 0 Å². The van der Waals surface area contributed by atoms with Gasteiger partial charge in [0.25, 0.3) is 6.71 Å². The van der Waals surface area contributed by atoms with Crippen molar-refractivity contribution in [3.05, 3.63) is 185 Å². The molecular weight excluding hydrogens is 824 g/mol. The average Bonchev–Trinajstić information content (AvgIpc) is 3.68. The predicted octanol–water partition coefficient (Wildman–Crippen LogP) is 15.8. The maximum Gasteiger partial charge on any atom is 0.297 e. The Bertz CT molecular complexity index is 3270. The number of hydrogen-bond acceptors (Lipinski definition) is 3. The Balaban J connectivity index is 1.29. The van der Waals surface area contributed by atoms with Gasteiger partial charge in [-0.25, -0.2) is 0 Å². The van der Waals surface area contributed by atoms with Gasteiger partial charge in [-0.05, 0) is 151 Å². The van der Waals surface area contributed by atoms with Crippen LogP contribution >= 0.6 is 0 Å². The first-order valence-electron chi connectivity index (χ1n) is 25.0. The summed E-state index contributed by atoms with van der Waals surface area (Å²) in [6.07, 6.45) is 2.29. The van der Waals surface area contributed by atoms with Gasteiger partial charge in [-0.3, -0.25) is 0 Å². The van der Waals surface area contributed by atoms with E-state index in [9.17, 15) is 0 Å². The van der Waals surface area contributed by atoms with E-state index in [4.69, 9.17) is 4.42 Å². The molecule has 0 spiro atoms. The zero-order chi connectivity index (χ0) is 47.9. The Morgan fingerprint density at radius 1 is 0.515 bits per heavy atom. The highest BCUT2D eigenvalue weighted by atomic mass is 16.3. The molecule has 3 nitrogen and oxygen atoms in total. The lowest BCUT2D eigenvalue weighted by Gasteiger charge is -2.44. The Labute approximate surface area is 406 Å². The Morgan fingerprint density at radius 3 is 1.54 bits per heavy atom. The minimum absolute atomic E-state index is 0.0173. The van der Waals surface area contributed by atoms with Crippen LogP contribution < -0.4 is 26.4 Å². The third kappa shape index (κ3) is 6.91. The van der Waals surface area contributed by atoms with E-state index in [0.29, 0.717) is 0 Å². The fourth-order valence-electron chi connectivity index (χ4n) is 11.8. The van der Waals surface area contributed by atoms with Gasteiger partial charge in [0.2, 0.25) is 0 Å². The molecule has 0 radical (unpaired) electrons. The second kappa shape index (κ2) is 15.1. The summed E-state index contributed by atoms with van der Waals surface area (Å²) in [6, 6.07) is 55.7. The fraction of sp³-hybridized carbons (Fsp3) is 0.312. The highest BCUT2D eigenvalue weighted by molar-refractivity contribution is 7.00. The molecule has 0 saturated carbocycles. The molecular formula is C64H67BN2O. The molecule has 0 saturated heterocycles. The number of aryl methyl sites for hydroxylation is 1. The first-order chi connectivity index (χ1) is 32.1. The molecule has 0 bridgehead atoms. The van der Waals surface area contributed by atoms with Gasteiger partial charge in [0, 0.05) is 44.8 Å². The largest absolute Gasteiger partial charge is 0.468 e. The van der Waals surface area contributed by atoms with Crippen LogP contribution in [0.15, 0.2) is 150 Å². The first kappa shape index (κ1) is 44.3. The second-order valence-electron chi connectivity index (χ2n) is 24.2. The van der Waals surface area contributed by atoms with Gasteiger partial charge in [-0.1, -0.05) is 174 Å². The zero-order valence-electron chi connectivity index (χ0n) is 42.7. The molecule has 7 aromatic carbocycles. The minimum atomic E-state index is -0.308. The third-order valence-electron chi connectivity index (χ3n) is 16.2. The van der Waals surface area contributed by atoms with Crippen molar-refractivity contribution in [1.82, 2.24) is 0 Å². The molecule has 2 aliphatic heterocycles. The lowest BCUT2D eigenvalue weighted by Crippen LogP contribution is -2.61. The van der Waals surface area contributed by atoms with Crippen molar-refractivity contribution < 1.29 is 4.42 Å². The van der Waals surface area contributed by atoms with Crippen molar-refractivity contribution >= 4 is 68.4 Å². The number of fused-ring (bicyclic) bond motifs is 7. The molecule has 1 aromatic heterocycles. The van der Waals surface area contributed by atoms with Crippen molar-refractivity contribution in [1.29, 1.82) is 0 Å². The van der Waals surface area contributed by atoms with Crippen LogP contribution in [-0.2, 0) is 27.1 Å². The molecule has 342 valence electrons. The predicted molar refractivity (Wildman–Crippen MR) is 292 cm³/mol. The minimum Gasteiger partial charge on any atom is -0.468 e. The third-order valence-corrected chi connectivity index (χ3v) is 16.2. The van der Waals surface area contributed by atoms with Crippen LogP contribution in [0.3, 0.4) is 0 Å². The molecule has 3 aliphatic rings. The van der Waals surface area contributed by atoms with E-state index in [1.54, 1.807) is 0 Å². The molecule has 0 unspecified atom stereocenters. The molecule has 8 aromatic rings. The summed E-state index contributed by atoms with van der Waals surface area (Å²) in [5, 5.41) is 1.18. The van der Waals surface area contributed by atoms with E-state index in [0.717, 1.165) is 41.1 Å². The van der Waals surface area contributed by atoms with E-state index < -0.39 is 0 Å². The van der Waals surface area contributed by atoms with E-state index >= 15 is 0 Å². The van der Waals surface area contributed by atoms with Crippen molar-refractivity contribution in [2.45, 2.75) is 130 Å². The number of rotatable bonds is 5. The van der Waals surface area contributed by atoms with E-state index in [2.05, 4.69) is 245 Å². The molecule has 0 amide bonds. The highest BCUT2D eigenvalue weighted by Crippen LogP contribution is 2.53. The molecule has 11 rings (SSSR count). The molecule has 4 heteroatoms. The van der Waals surface area contributed by atoms with Gasteiger partial charge in [-0.15, -0.1) is 0 Å². The number of benzene rings is 7. The average molecular weight is 891 g/mol. The molecule has 0 atom stereocenters. The Kier molecular flexibility index (Phi) is 9.84. The molecule has 68 heavy (non-hydrogen) atoms. The van der Waals surface area contributed by atoms with Gasteiger partial charge in [0.1, 0.15) is 5.58 Å². The lowest BCUT2D eigenvalue weighted by atomic mass is 9.35. The van der Waals surface area contributed by atoms with Crippen LogP contribution in [-0.4, -0.2) is 6.71 Å². The van der Waals surface area contributed by atoms with Crippen LogP contribution in [0, 0.1) is 6.92 Å². The zero-order valence-corrected chi connectivity index (χ0v) is 42.7. The summed E-state index contributed by atoms with van der Waals surface area (Å²) in [6.45, 7) is 30.4. The summed E-state index contributed by atoms with van der Waals surface area (Å²) < 4.78 is 7.67. The van der Waals surface area contributed by atoms with E-state index in [1.165, 1.54) is 83.4 Å². The van der Waals surface area contributed by atoms with Crippen LogP contribution in [0.1, 0.15) is 135 Å². The SMILES string of the molecule is Cc1cc2c3c(c1)N(c1ccc(C(C)(C)C)cc1)c1c(oc4cc5c(cc14)C(C)(C)CCC5(C)C)B3c1cc(C(C)(C)c3ccccc3)cc(-c3ccccc3)c1N2c1ccc(C(C)(C)C)cc1. The summed E-state index contributed by atoms with van der Waals surface area (Å²) >= 11 is 0. The monoisotopic (exact) mass is 891 g/mol. The molecule has 0 N–H and O–H groups in total. The van der Waals surface area contributed by atoms with Gasteiger partial charge in [0.15, 0.2) is 0 Å². The molecule has 0 fully saturated rings. The van der Waals surface area contributed by atoms with Gasteiger partial charge in [0.05, 0.1) is 11.3 Å². The topological polar surface area (TPSA) is 19.6 Å². The molecule has 1 aliphatic carbocycles. The maximum atomic E-state index is 7.67. The number of furan rings is 1. The molecule has 3 heterocycles. The second-order valence-corrected chi connectivity index (χ2v) is 24.2. The van der Waals surface area contributed by atoms with Crippen molar-refractivity contribution in [3.8, 4) is 11.1 Å². The fourth-order valence-corrected chi connectivity index (χ4v) is 11.8. The standard InChI is InChI=1S/C64H67BN2O/c1-40-34-53-56-54(35-40)67(47-30-26-43(27-31-47)61(5,6)7)58-49-38-50-51(63(10,11)33-32-62(50,8)9)39-55(49)68-59(58)65(56)52-37-45(64(12,13)44-22-18-15-19-23-44)36-48(41-20-16-14-17-21-41)57(52)66(53)46-28-24-42(25-29-46)60(2,3)4/h14-31,34-39H,32-33H2,1-13H3. The van der Waals surface area contributed by atoms with Crippen LogP contribution in [0.25, 0.3) is 22.1 Å². The smallest absolute Gasteiger partial charge is 0.297 e. The first-order valence-corrected chi connectivity index (χ1v) is 25.0. The maximum absolute atomic E-state index is 7.67. The van der Waals surface area contributed by atoms with Crippen molar-refractivity contribution in [3.63, 3.8) is 0 Å². The number of hydrogen-bond donors (Lipinski definition) is 0. The quantitative estimate of drug-likeness (QED) is 0.161. The van der Waals surface area contributed by atoms with Gasteiger partial charge >= 0.3 is 0 Å². The van der Waals surface area contributed by atoms with Crippen LogP contribution in [0.5, 0.6) is 0 Å². The Morgan fingerprint density at radius 2 is 1.01 bits per heavy atom. The highest BCUT2D eigenvalue weighted by Gasteiger charge is 2.49.